The Morgan fingerprint density at radius 3 is 2.64 bits per heavy atom. The Hall–Kier alpha value is -1.76. The Labute approximate surface area is 148 Å². The Bertz CT molecular complexity index is 626. The lowest BCUT2D eigenvalue weighted by molar-refractivity contribution is 0.0435. The molecule has 1 aromatic heterocycles. The Kier molecular flexibility index (Phi) is 6.55. The Morgan fingerprint density at radius 2 is 2.00 bits per heavy atom. The fraction of sp³-hybridized carbons (Fsp3) is 0.579. The van der Waals surface area contributed by atoms with Gasteiger partial charge in [0.05, 0.1) is 12.6 Å². The summed E-state index contributed by atoms with van der Waals surface area (Å²) in [7, 11) is 1.74. The molecule has 2 atom stereocenters. The van der Waals surface area contributed by atoms with Crippen LogP contribution >= 0.6 is 0 Å². The first-order valence-corrected chi connectivity index (χ1v) is 8.93. The highest BCUT2D eigenvalue weighted by molar-refractivity contribution is 5.16. The third kappa shape index (κ3) is 5.11. The number of ether oxygens (including phenoxy) is 2. The summed E-state index contributed by atoms with van der Waals surface area (Å²) < 4.78 is 16.5. The van der Waals surface area contributed by atoms with Crippen LogP contribution in [0.5, 0.6) is 0 Å². The summed E-state index contributed by atoms with van der Waals surface area (Å²) >= 11 is 0. The fourth-order valence-electron chi connectivity index (χ4n) is 3.42. The maximum absolute atomic E-state index is 5.52. The van der Waals surface area contributed by atoms with Crippen LogP contribution in [-0.2, 0) is 15.9 Å². The number of methoxy groups -OCH3 is 1. The molecule has 136 valence electrons. The first-order valence-electron chi connectivity index (χ1n) is 8.93. The van der Waals surface area contributed by atoms with Crippen molar-refractivity contribution in [2.24, 2.45) is 5.92 Å². The van der Waals surface area contributed by atoms with Gasteiger partial charge in [-0.1, -0.05) is 35.5 Å². The third-order valence-corrected chi connectivity index (χ3v) is 4.65. The second-order valence-electron chi connectivity index (χ2n) is 6.62. The van der Waals surface area contributed by atoms with Gasteiger partial charge in [-0.15, -0.1) is 0 Å². The monoisotopic (exact) mass is 345 g/mol. The van der Waals surface area contributed by atoms with Crippen LogP contribution < -0.4 is 5.32 Å². The van der Waals surface area contributed by atoms with E-state index in [1.807, 2.05) is 13.0 Å². The van der Waals surface area contributed by atoms with Crippen LogP contribution in [0.25, 0.3) is 0 Å². The highest BCUT2D eigenvalue weighted by Crippen LogP contribution is 2.30. The van der Waals surface area contributed by atoms with Crippen molar-refractivity contribution in [1.82, 2.24) is 15.5 Å². The van der Waals surface area contributed by atoms with Crippen LogP contribution in [0.4, 0.5) is 0 Å². The molecule has 0 bridgehead atoms. The minimum absolute atomic E-state index is 0.0222. The topological polar surface area (TPSA) is 69.4 Å². The van der Waals surface area contributed by atoms with E-state index in [4.69, 9.17) is 14.0 Å². The second-order valence-corrected chi connectivity index (χ2v) is 6.62. The minimum atomic E-state index is 0.0222. The van der Waals surface area contributed by atoms with Gasteiger partial charge in [-0.05, 0) is 37.7 Å². The van der Waals surface area contributed by atoms with Crippen molar-refractivity contribution in [3.8, 4) is 0 Å². The van der Waals surface area contributed by atoms with Crippen molar-refractivity contribution in [3.63, 3.8) is 0 Å². The first-order chi connectivity index (χ1) is 12.3. The lowest BCUT2D eigenvalue weighted by Crippen LogP contribution is -2.42. The molecule has 6 nitrogen and oxygen atoms in total. The van der Waals surface area contributed by atoms with Crippen molar-refractivity contribution in [1.29, 1.82) is 0 Å². The number of hydrogen-bond acceptors (Lipinski definition) is 6. The minimum Gasteiger partial charge on any atom is -0.383 e. The van der Waals surface area contributed by atoms with Gasteiger partial charge in [-0.2, -0.15) is 4.98 Å². The van der Waals surface area contributed by atoms with Gasteiger partial charge in [-0.25, -0.2) is 0 Å². The molecule has 0 spiro atoms. The summed E-state index contributed by atoms with van der Waals surface area (Å²) in [6, 6.07) is 10.7. The lowest BCUT2D eigenvalue weighted by Gasteiger charge is -2.31. The quantitative estimate of drug-likeness (QED) is 0.793. The zero-order valence-corrected chi connectivity index (χ0v) is 15.0. The van der Waals surface area contributed by atoms with Gasteiger partial charge in [0, 0.05) is 26.4 Å². The summed E-state index contributed by atoms with van der Waals surface area (Å²) in [6.07, 6.45) is 2.87. The van der Waals surface area contributed by atoms with Gasteiger partial charge >= 0.3 is 0 Å². The standard InChI is InChI=1S/C19H27N3O3/c1-14-20-19(25-22-14)18(16-8-10-24-11-9-16)21-17(13-23-2)12-15-6-4-3-5-7-15/h3-7,16-18,21H,8-13H2,1-2H3. The SMILES string of the molecule is COCC(Cc1ccccc1)NC(c1nc(C)no1)C1CCOCC1. The Balaban J connectivity index is 1.75. The van der Waals surface area contributed by atoms with Gasteiger partial charge in [0.15, 0.2) is 5.82 Å². The molecule has 2 unspecified atom stereocenters. The molecule has 2 aromatic rings. The second kappa shape index (κ2) is 9.08. The van der Waals surface area contributed by atoms with Crippen molar-refractivity contribution >= 4 is 0 Å². The van der Waals surface area contributed by atoms with Crippen molar-refractivity contribution in [2.75, 3.05) is 26.9 Å². The maximum atomic E-state index is 5.52. The average molecular weight is 345 g/mol. The van der Waals surface area contributed by atoms with Gasteiger partial charge in [0.2, 0.25) is 5.89 Å². The molecule has 1 aliphatic rings. The van der Waals surface area contributed by atoms with E-state index in [9.17, 15) is 0 Å². The lowest BCUT2D eigenvalue weighted by atomic mass is 9.90. The predicted molar refractivity (Wildman–Crippen MR) is 94.3 cm³/mol. The number of aryl methyl sites for hydroxylation is 1. The molecular formula is C19H27N3O3. The number of aromatic nitrogens is 2. The molecule has 1 saturated heterocycles. The smallest absolute Gasteiger partial charge is 0.244 e. The molecule has 0 radical (unpaired) electrons. The molecule has 2 heterocycles. The van der Waals surface area contributed by atoms with Crippen LogP contribution in [0.15, 0.2) is 34.9 Å². The molecule has 1 fully saturated rings. The largest absolute Gasteiger partial charge is 0.383 e. The zero-order chi connectivity index (χ0) is 17.5. The highest BCUT2D eigenvalue weighted by atomic mass is 16.5. The van der Waals surface area contributed by atoms with Crippen LogP contribution in [0, 0.1) is 12.8 Å². The Morgan fingerprint density at radius 1 is 1.24 bits per heavy atom. The summed E-state index contributed by atoms with van der Waals surface area (Å²) in [5, 5.41) is 7.71. The molecule has 0 amide bonds. The molecule has 1 aliphatic heterocycles. The van der Waals surface area contributed by atoms with Crippen LogP contribution in [0.3, 0.4) is 0 Å². The summed E-state index contributed by atoms with van der Waals surface area (Å²) in [4.78, 5) is 4.48. The molecule has 1 N–H and O–H groups in total. The molecule has 0 aliphatic carbocycles. The van der Waals surface area contributed by atoms with Gasteiger partial charge < -0.3 is 19.3 Å². The predicted octanol–water partition coefficient (Wildman–Crippen LogP) is 2.69. The normalized spacial score (nSPS) is 18.2. The van der Waals surface area contributed by atoms with E-state index in [0.717, 1.165) is 32.5 Å². The van der Waals surface area contributed by atoms with Gasteiger partial charge in [0.25, 0.3) is 0 Å². The molecule has 1 aromatic carbocycles. The summed E-state index contributed by atoms with van der Waals surface area (Å²) in [5.41, 5.74) is 1.28. The zero-order valence-electron chi connectivity index (χ0n) is 15.0. The fourth-order valence-corrected chi connectivity index (χ4v) is 3.42. The number of rotatable bonds is 8. The molecule has 6 heteroatoms. The highest BCUT2D eigenvalue weighted by Gasteiger charge is 2.31. The third-order valence-electron chi connectivity index (χ3n) is 4.65. The molecule has 25 heavy (non-hydrogen) atoms. The molecular weight excluding hydrogens is 318 g/mol. The van der Waals surface area contributed by atoms with Gasteiger partial charge in [0.1, 0.15) is 0 Å². The summed E-state index contributed by atoms with van der Waals surface area (Å²) in [5.74, 6) is 1.75. The number of hydrogen-bond donors (Lipinski definition) is 1. The maximum Gasteiger partial charge on any atom is 0.244 e. The van der Waals surface area contributed by atoms with Crippen molar-refractivity contribution in [2.45, 2.75) is 38.3 Å². The van der Waals surface area contributed by atoms with E-state index >= 15 is 0 Å². The van der Waals surface area contributed by atoms with E-state index in [0.29, 0.717) is 24.2 Å². The summed E-state index contributed by atoms with van der Waals surface area (Å²) in [6.45, 7) is 4.04. The van der Waals surface area contributed by atoms with Gasteiger partial charge in [-0.3, -0.25) is 0 Å². The van der Waals surface area contributed by atoms with E-state index in [-0.39, 0.29) is 12.1 Å². The molecule has 3 rings (SSSR count). The van der Waals surface area contributed by atoms with E-state index in [2.05, 4.69) is 39.7 Å². The number of nitrogens with one attached hydrogen (secondary N) is 1. The van der Waals surface area contributed by atoms with Crippen LogP contribution in [-0.4, -0.2) is 43.1 Å². The van der Waals surface area contributed by atoms with E-state index < -0.39 is 0 Å². The van der Waals surface area contributed by atoms with E-state index in [1.165, 1.54) is 5.56 Å². The molecule has 0 saturated carbocycles. The van der Waals surface area contributed by atoms with Crippen LogP contribution in [0.1, 0.15) is 36.2 Å². The number of nitrogens with zero attached hydrogens (tertiary/aromatic N) is 2. The van der Waals surface area contributed by atoms with Crippen molar-refractivity contribution < 1.29 is 14.0 Å². The van der Waals surface area contributed by atoms with Crippen LogP contribution in [0.2, 0.25) is 0 Å². The first kappa shape index (κ1) is 18.0. The van der Waals surface area contributed by atoms with Crippen molar-refractivity contribution in [3.05, 3.63) is 47.6 Å². The van der Waals surface area contributed by atoms with E-state index in [1.54, 1.807) is 7.11 Å². The average Bonchev–Trinajstić information content (AvgIpc) is 3.07. The number of benzene rings is 1.